The van der Waals surface area contributed by atoms with Crippen LogP contribution < -0.4 is 0 Å². The summed E-state index contributed by atoms with van der Waals surface area (Å²) in [4.78, 5) is 4.22. The molecule has 0 amide bonds. The SMILES string of the molecule is OC(COCc1ccco1)CSc1ccc(Br)cn1. The lowest BCUT2D eigenvalue weighted by atomic mass is 10.4. The van der Waals surface area contributed by atoms with E-state index in [1.54, 1.807) is 12.5 Å². The molecule has 4 nitrogen and oxygen atoms in total. The van der Waals surface area contributed by atoms with Crippen molar-refractivity contribution in [2.75, 3.05) is 12.4 Å². The molecule has 0 saturated carbocycles. The van der Waals surface area contributed by atoms with Crippen molar-refractivity contribution in [2.24, 2.45) is 0 Å². The highest BCUT2D eigenvalue weighted by atomic mass is 79.9. The van der Waals surface area contributed by atoms with E-state index in [1.807, 2.05) is 24.3 Å². The molecule has 1 atom stereocenters. The zero-order valence-corrected chi connectivity index (χ0v) is 12.6. The molecule has 2 aromatic rings. The summed E-state index contributed by atoms with van der Waals surface area (Å²) in [5, 5.41) is 10.7. The van der Waals surface area contributed by atoms with Gasteiger partial charge in [-0.05, 0) is 40.2 Å². The summed E-state index contributed by atoms with van der Waals surface area (Å²) >= 11 is 4.83. The van der Waals surface area contributed by atoms with E-state index >= 15 is 0 Å². The van der Waals surface area contributed by atoms with Gasteiger partial charge in [0.1, 0.15) is 12.4 Å². The maximum atomic E-state index is 9.78. The quantitative estimate of drug-likeness (QED) is 0.782. The molecule has 0 aliphatic rings. The molecule has 0 fully saturated rings. The molecule has 19 heavy (non-hydrogen) atoms. The standard InChI is InChI=1S/C13H14BrNO3S/c14-10-3-4-13(15-6-10)19-9-11(16)7-17-8-12-2-1-5-18-12/h1-6,11,16H,7-9H2. The van der Waals surface area contributed by atoms with Crippen LogP contribution in [0.2, 0.25) is 0 Å². The number of furan rings is 1. The predicted molar refractivity (Wildman–Crippen MR) is 77.0 cm³/mol. The summed E-state index contributed by atoms with van der Waals surface area (Å²) in [6, 6.07) is 7.48. The highest BCUT2D eigenvalue weighted by Crippen LogP contribution is 2.18. The maximum Gasteiger partial charge on any atom is 0.129 e. The summed E-state index contributed by atoms with van der Waals surface area (Å²) in [7, 11) is 0. The monoisotopic (exact) mass is 343 g/mol. The second-order valence-corrected chi connectivity index (χ2v) is 5.83. The lowest BCUT2D eigenvalue weighted by Crippen LogP contribution is -2.17. The number of hydrogen-bond acceptors (Lipinski definition) is 5. The van der Waals surface area contributed by atoms with Gasteiger partial charge in [-0.25, -0.2) is 4.98 Å². The van der Waals surface area contributed by atoms with E-state index < -0.39 is 6.10 Å². The molecule has 0 radical (unpaired) electrons. The third-order valence-electron chi connectivity index (χ3n) is 2.26. The number of nitrogens with zero attached hydrogens (tertiary/aromatic N) is 1. The van der Waals surface area contributed by atoms with Crippen LogP contribution in [0.3, 0.4) is 0 Å². The third-order valence-corrected chi connectivity index (χ3v) is 3.82. The van der Waals surface area contributed by atoms with Gasteiger partial charge >= 0.3 is 0 Å². The number of pyridine rings is 1. The average Bonchev–Trinajstić information content (AvgIpc) is 2.91. The summed E-state index contributed by atoms with van der Waals surface area (Å²) in [6.45, 7) is 0.662. The number of aliphatic hydroxyl groups excluding tert-OH is 1. The largest absolute Gasteiger partial charge is 0.467 e. The molecule has 1 unspecified atom stereocenters. The zero-order valence-electron chi connectivity index (χ0n) is 10.2. The van der Waals surface area contributed by atoms with Crippen molar-refractivity contribution in [1.82, 2.24) is 4.98 Å². The molecule has 0 saturated heterocycles. The normalized spacial score (nSPS) is 12.5. The molecule has 2 rings (SSSR count). The van der Waals surface area contributed by atoms with Crippen molar-refractivity contribution in [3.05, 3.63) is 47.0 Å². The molecule has 102 valence electrons. The van der Waals surface area contributed by atoms with Crippen LogP contribution in [0.15, 0.2) is 50.6 Å². The number of rotatable bonds is 7. The van der Waals surface area contributed by atoms with Gasteiger partial charge in [0.25, 0.3) is 0 Å². The van der Waals surface area contributed by atoms with E-state index in [9.17, 15) is 5.11 Å². The molecule has 0 spiro atoms. The Morgan fingerprint density at radius 3 is 3.00 bits per heavy atom. The average molecular weight is 344 g/mol. The molecular weight excluding hydrogens is 330 g/mol. The van der Waals surface area contributed by atoms with Crippen LogP contribution in [0, 0.1) is 0 Å². The number of hydrogen-bond donors (Lipinski definition) is 1. The van der Waals surface area contributed by atoms with Gasteiger partial charge in [-0.15, -0.1) is 11.8 Å². The number of ether oxygens (including phenoxy) is 1. The lowest BCUT2D eigenvalue weighted by Gasteiger charge is -2.09. The van der Waals surface area contributed by atoms with Crippen LogP contribution in [0.25, 0.3) is 0 Å². The van der Waals surface area contributed by atoms with Gasteiger partial charge in [-0.2, -0.15) is 0 Å². The summed E-state index contributed by atoms with van der Waals surface area (Å²) in [5.41, 5.74) is 0. The molecule has 2 heterocycles. The maximum absolute atomic E-state index is 9.78. The Morgan fingerprint density at radius 1 is 1.42 bits per heavy atom. The molecule has 2 aromatic heterocycles. The fraction of sp³-hybridized carbons (Fsp3) is 0.308. The summed E-state index contributed by atoms with van der Waals surface area (Å²) in [6.07, 6.45) is 2.82. The second kappa shape index (κ2) is 7.69. The summed E-state index contributed by atoms with van der Waals surface area (Å²) < 4.78 is 11.4. The Bertz CT molecular complexity index is 475. The number of aliphatic hydroxyl groups is 1. The van der Waals surface area contributed by atoms with E-state index in [-0.39, 0.29) is 6.61 Å². The Morgan fingerprint density at radius 2 is 2.32 bits per heavy atom. The minimum atomic E-state index is -0.523. The lowest BCUT2D eigenvalue weighted by molar-refractivity contribution is 0.0328. The Balaban J connectivity index is 1.64. The minimum Gasteiger partial charge on any atom is -0.467 e. The van der Waals surface area contributed by atoms with Gasteiger partial charge in [0, 0.05) is 16.4 Å². The molecule has 0 aromatic carbocycles. The fourth-order valence-corrected chi connectivity index (χ4v) is 2.35. The first-order valence-electron chi connectivity index (χ1n) is 5.76. The predicted octanol–water partition coefficient (Wildman–Crippen LogP) is 3.11. The van der Waals surface area contributed by atoms with E-state index in [1.165, 1.54) is 11.8 Å². The molecule has 0 aliphatic heterocycles. The van der Waals surface area contributed by atoms with Crippen molar-refractivity contribution in [3.8, 4) is 0 Å². The van der Waals surface area contributed by atoms with Crippen LogP contribution >= 0.6 is 27.7 Å². The number of aromatic nitrogens is 1. The van der Waals surface area contributed by atoms with Crippen LogP contribution in [-0.2, 0) is 11.3 Å². The Hall–Kier alpha value is -0.820. The second-order valence-electron chi connectivity index (χ2n) is 3.87. The first-order chi connectivity index (χ1) is 9.24. The first-order valence-corrected chi connectivity index (χ1v) is 7.54. The van der Waals surface area contributed by atoms with E-state index in [0.29, 0.717) is 12.4 Å². The van der Waals surface area contributed by atoms with E-state index in [2.05, 4.69) is 20.9 Å². The van der Waals surface area contributed by atoms with Gasteiger partial charge in [0.05, 0.1) is 24.0 Å². The number of halogens is 1. The zero-order chi connectivity index (χ0) is 13.5. The minimum absolute atomic E-state index is 0.282. The Kier molecular flexibility index (Phi) is 5.91. The van der Waals surface area contributed by atoms with Crippen LogP contribution in [0.1, 0.15) is 5.76 Å². The van der Waals surface area contributed by atoms with E-state index in [0.717, 1.165) is 15.3 Å². The van der Waals surface area contributed by atoms with Gasteiger partial charge in [-0.3, -0.25) is 0 Å². The van der Waals surface area contributed by atoms with Crippen LogP contribution in [-0.4, -0.2) is 28.6 Å². The molecular formula is C13H14BrNO3S. The van der Waals surface area contributed by atoms with E-state index in [4.69, 9.17) is 9.15 Å². The van der Waals surface area contributed by atoms with Gasteiger partial charge in [-0.1, -0.05) is 0 Å². The van der Waals surface area contributed by atoms with Crippen molar-refractivity contribution < 1.29 is 14.3 Å². The van der Waals surface area contributed by atoms with Crippen molar-refractivity contribution in [3.63, 3.8) is 0 Å². The Labute approximate surface area is 124 Å². The molecule has 1 N–H and O–H groups in total. The third kappa shape index (κ3) is 5.36. The fourth-order valence-electron chi connectivity index (χ4n) is 1.37. The van der Waals surface area contributed by atoms with Gasteiger partial charge in [0.2, 0.25) is 0 Å². The smallest absolute Gasteiger partial charge is 0.129 e. The topological polar surface area (TPSA) is 55.5 Å². The molecule has 6 heteroatoms. The highest BCUT2D eigenvalue weighted by Gasteiger charge is 2.07. The van der Waals surface area contributed by atoms with Crippen molar-refractivity contribution >= 4 is 27.7 Å². The first kappa shape index (κ1) is 14.6. The number of thioether (sulfide) groups is 1. The van der Waals surface area contributed by atoms with Crippen LogP contribution in [0.5, 0.6) is 0 Å². The summed E-state index contributed by atoms with van der Waals surface area (Å²) in [5.74, 6) is 1.31. The van der Waals surface area contributed by atoms with Gasteiger partial charge < -0.3 is 14.3 Å². The highest BCUT2D eigenvalue weighted by molar-refractivity contribution is 9.10. The molecule has 0 bridgehead atoms. The van der Waals surface area contributed by atoms with Crippen molar-refractivity contribution in [1.29, 1.82) is 0 Å². The van der Waals surface area contributed by atoms with Crippen molar-refractivity contribution in [2.45, 2.75) is 17.7 Å². The van der Waals surface area contributed by atoms with Gasteiger partial charge in [0.15, 0.2) is 0 Å². The molecule has 0 aliphatic carbocycles. The van der Waals surface area contributed by atoms with Crippen LogP contribution in [0.4, 0.5) is 0 Å².